The summed E-state index contributed by atoms with van der Waals surface area (Å²) >= 11 is 0. The molecule has 2 aromatic rings. The number of hydrogen-bond donors (Lipinski definition) is 1. The minimum Gasteiger partial charge on any atom is -0.423 e. The van der Waals surface area contributed by atoms with E-state index in [9.17, 15) is 14.4 Å². The first kappa shape index (κ1) is 17.8. The zero-order chi connectivity index (χ0) is 19.3. The highest BCUT2D eigenvalue weighted by molar-refractivity contribution is 6.07. The zero-order valence-corrected chi connectivity index (χ0v) is 15.9. The molecule has 1 aliphatic heterocycles. The first-order valence-electron chi connectivity index (χ1n) is 9.50. The number of carbonyl (C=O) groups is 2. The van der Waals surface area contributed by atoms with Crippen LogP contribution < -0.4 is 10.9 Å². The molecule has 4 rings (SSSR count). The molecule has 142 valence electrons. The summed E-state index contributed by atoms with van der Waals surface area (Å²) in [7, 11) is 0. The van der Waals surface area contributed by atoms with Crippen LogP contribution in [0.2, 0.25) is 0 Å². The van der Waals surface area contributed by atoms with Gasteiger partial charge in [-0.15, -0.1) is 0 Å². The molecule has 2 heterocycles. The smallest absolute Gasteiger partial charge is 0.336 e. The number of fused-ring (bicyclic) bond motifs is 1. The van der Waals surface area contributed by atoms with Gasteiger partial charge in [-0.1, -0.05) is 19.8 Å². The SMILES string of the molecule is Cc1cc2oc(=O)cc(CN3C(=O)N[C@@]4(CCCC[C@H]4C)C3=O)c2cc1C. The number of aryl methyl sites for hydroxylation is 2. The highest BCUT2D eigenvalue weighted by atomic mass is 16.4. The lowest BCUT2D eigenvalue weighted by molar-refractivity contribution is -0.134. The summed E-state index contributed by atoms with van der Waals surface area (Å²) < 4.78 is 5.32. The van der Waals surface area contributed by atoms with Crippen molar-refractivity contribution >= 4 is 22.9 Å². The third kappa shape index (κ3) is 2.74. The molecule has 1 saturated carbocycles. The molecule has 2 atom stereocenters. The van der Waals surface area contributed by atoms with Gasteiger partial charge in [-0.05, 0) is 61.4 Å². The van der Waals surface area contributed by atoms with Crippen molar-refractivity contribution < 1.29 is 14.0 Å². The number of amides is 3. The third-order valence-corrected chi connectivity index (χ3v) is 6.27. The number of benzene rings is 1. The average molecular weight is 368 g/mol. The van der Waals surface area contributed by atoms with E-state index in [1.54, 1.807) is 0 Å². The fraction of sp³-hybridized carbons (Fsp3) is 0.476. The normalized spacial score (nSPS) is 25.4. The van der Waals surface area contributed by atoms with Gasteiger partial charge in [0.25, 0.3) is 5.91 Å². The first-order valence-corrected chi connectivity index (χ1v) is 9.50. The van der Waals surface area contributed by atoms with Gasteiger partial charge in [0.05, 0.1) is 6.54 Å². The van der Waals surface area contributed by atoms with Gasteiger partial charge in [-0.2, -0.15) is 0 Å². The number of nitrogens with one attached hydrogen (secondary N) is 1. The molecule has 3 amide bonds. The second-order valence-corrected chi connectivity index (χ2v) is 7.96. The van der Waals surface area contributed by atoms with Crippen molar-refractivity contribution in [3.63, 3.8) is 0 Å². The predicted octanol–water partition coefficient (Wildman–Crippen LogP) is 3.41. The van der Waals surface area contributed by atoms with Crippen LogP contribution in [-0.2, 0) is 11.3 Å². The molecule has 2 fully saturated rings. The summed E-state index contributed by atoms with van der Waals surface area (Å²) in [6.07, 6.45) is 3.61. The number of hydrogen-bond acceptors (Lipinski definition) is 4. The van der Waals surface area contributed by atoms with Crippen LogP contribution in [0.5, 0.6) is 0 Å². The van der Waals surface area contributed by atoms with Crippen LogP contribution in [0.3, 0.4) is 0 Å². The van der Waals surface area contributed by atoms with Gasteiger partial charge in [0.2, 0.25) is 0 Å². The Morgan fingerprint density at radius 2 is 1.89 bits per heavy atom. The van der Waals surface area contributed by atoms with Gasteiger partial charge >= 0.3 is 11.7 Å². The van der Waals surface area contributed by atoms with Crippen molar-refractivity contribution in [1.29, 1.82) is 0 Å². The van der Waals surface area contributed by atoms with Gasteiger partial charge in [0.15, 0.2) is 0 Å². The first-order chi connectivity index (χ1) is 12.8. The monoisotopic (exact) mass is 368 g/mol. The Hall–Kier alpha value is -2.63. The molecule has 0 radical (unpaired) electrons. The molecule has 0 unspecified atom stereocenters. The quantitative estimate of drug-likeness (QED) is 0.651. The topological polar surface area (TPSA) is 79.6 Å². The van der Waals surface area contributed by atoms with Crippen LogP contribution in [0.25, 0.3) is 11.0 Å². The van der Waals surface area contributed by atoms with Crippen LogP contribution in [0, 0.1) is 19.8 Å². The molecule has 1 saturated heterocycles. The second-order valence-electron chi connectivity index (χ2n) is 7.96. The minimum absolute atomic E-state index is 0.0732. The Morgan fingerprint density at radius 3 is 2.63 bits per heavy atom. The Morgan fingerprint density at radius 1 is 1.15 bits per heavy atom. The lowest BCUT2D eigenvalue weighted by Gasteiger charge is -2.36. The molecule has 1 aromatic carbocycles. The van der Waals surface area contributed by atoms with Crippen molar-refractivity contribution in [1.82, 2.24) is 10.2 Å². The van der Waals surface area contributed by atoms with Crippen LogP contribution in [0.4, 0.5) is 4.79 Å². The molecule has 1 N–H and O–H groups in total. The van der Waals surface area contributed by atoms with Gasteiger partial charge in [-0.3, -0.25) is 9.69 Å². The summed E-state index contributed by atoms with van der Waals surface area (Å²) in [6, 6.07) is 4.78. The molecule has 1 aromatic heterocycles. The van der Waals surface area contributed by atoms with Crippen LogP contribution in [0.1, 0.15) is 49.3 Å². The molecular weight excluding hydrogens is 344 g/mol. The standard InChI is InChI=1S/C21H24N2O4/c1-12-8-16-15(10-18(24)27-17(16)9-13(12)2)11-23-19(25)21(22-20(23)26)7-5-4-6-14(21)3/h8-10,14H,4-7,11H2,1-3H3,(H,22,26)/t14-,21-/m1/s1. The van der Waals surface area contributed by atoms with E-state index in [4.69, 9.17) is 4.42 Å². The molecule has 6 nitrogen and oxygen atoms in total. The van der Waals surface area contributed by atoms with Gasteiger partial charge in [0.1, 0.15) is 11.1 Å². The van der Waals surface area contributed by atoms with Crippen molar-refractivity contribution in [2.75, 3.05) is 0 Å². The van der Waals surface area contributed by atoms with E-state index in [0.717, 1.165) is 35.8 Å². The summed E-state index contributed by atoms with van der Waals surface area (Å²) in [4.78, 5) is 39.1. The summed E-state index contributed by atoms with van der Waals surface area (Å²) in [5, 5.41) is 3.72. The molecule has 27 heavy (non-hydrogen) atoms. The molecular formula is C21H24N2O4. The average Bonchev–Trinajstić information content (AvgIpc) is 2.84. The predicted molar refractivity (Wildman–Crippen MR) is 101 cm³/mol. The largest absolute Gasteiger partial charge is 0.423 e. The Balaban J connectivity index is 1.74. The maximum atomic E-state index is 13.2. The molecule has 6 heteroatoms. The van der Waals surface area contributed by atoms with Crippen molar-refractivity contribution in [3.05, 3.63) is 45.3 Å². The minimum atomic E-state index is -0.795. The highest BCUT2D eigenvalue weighted by Gasteiger charge is 2.54. The Labute approximate surface area is 157 Å². The molecule has 2 aliphatic rings. The van der Waals surface area contributed by atoms with E-state index >= 15 is 0 Å². The molecule has 0 bridgehead atoms. The van der Waals surface area contributed by atoms with Crippen molar-refractivity contribution in [2.24, 2.45) is 5.92 Å². The summed E-state index contributed by atoms with van der Waals surface area (Å²) in [6.45, 7) is 6.03. The van der Waals surface area contributed by atoms with Crippen LogP contribution >= 0.6 is 0 Å². The Bertz CT molecular complexity index is 1010. The zero-order valence-electron chi connectivity index (χ0n) is 15.9. The number of rotatable bonds is 2. The third-order valence-electron chi connectivity index (χ3n) is 6.27. The Kier molecular flexibility index (Phi) is 4.09. The van der Waals surface area contributed by atoms with Gasteiger partial charge in [-0.25, -0.2) is 9.59 Å². The fourth-order valence-electron chi connectivity index (χ4n) is 4.42. The number of urea groups is 1. The van der Waals surface area contributed by atoms with Gasteiger partial charge < -0.3 is 9.73 Å². The van der Waals surface area contributed by atoms with Crippen LogP contribution in [-0.4, -0.2) is 22.4 Å². The van der Waals surface area contributed by atoms with E-state index in [-0.39, 0.29) is 24.4 Å². The van der Waals surface area contributed by atoms with Crippen molar-refractivity contribution in [2.45, 2.75) is 58.5 Å². The number of nitrogens with zero attached hydrogens (tertiary/aromatic N) is 1. The van der Waals surface area contributed by atoms with E-state index in [0.29, 0.717) is 17.6 Å². The highest BCUT2D eigenvalue weighted by Crippen LogP contribution is 2.38. The van der Waals surface area contributed by atoms with E-state index in [2.05, 4.69) is 5.32 Å². The molecule has 1 spiro atoms. The summed E-state index contributed by atoms with van der Waals surface area (Å²) in [5.41, 5.74) is 1.92. The molecule has 1 aliphatic carbocycles. The van der Waals surface area contributed by atoms with Crippen molar-refractivity contribution in [3.8, 4) is 0 Å². The summed E-state index contributed by atoms with van der Waals surface area (Å²) in [5.74, 6) is -0.0693. The lowest BCUT2D eigenvalue weighted by Crippen LogP contribution is -2.53. The maximum Gasteiger partial charge on any atom is 0.336 e. The maximum absolute atomic E-state index is 13.2. The second kappa shape index (κ2) is 6.22. The number of carbonyl (C=O) groups excluding carboxylic acids is 2. The lowest BCUT2D eigenvalue weighted by atomic mass is 9.73. The van der Waals surface area contributed by atoms with E-state index in [1.807, 2.05) is 32.9 Å². The van der Waals surface area contributed by atoms with E-state index < -0.39 is 11.2 Å². The van der Waals surface area contributed by atoms with E-state index in [1.165, 1.54) is 11.0 Å². The number of imide groups is 1. The van der Waals surface area contributed by atoms with Crippen LogP contribution in [0.15, 0.2) is 27.4 Å². The van der Waals surface area contributed by atoms with Gasteiger partial charge in [0, 0.05) is 11.5 Å². The fourth-order valence-corrected chi connectivity index (χ4v) is 4.42.